The number of fused-ring (bicyclic) bond motifs is 2. The Morgan fingerprint density at radius 1 is 1.50 bits per heavy atom. The van der Waals surface area contributed by atoms with Crippen molar-refractivity contribution in [3.8, 4) is 0 Å². The van der Waals surface area contributed by atoms with E-state index in [4.69, 9.17) is 5.11 Å². The average molecular weight is 167 g/mol. The zero-order valence-electron chi connectivity index (χ0n) is 6.86. The van der Waals surface area contributed by atoms with Crippen molar-refractivity contribution in [3.63, 3.8) is 0 Å². The summed E-state index contributed by atoms with van der Waals surface area (Å²) in [6, 6.07) is 0. The van der Waals surface area contributed by atoms with Crippen molar-refractivity contribution >= 4 is 6.09 Å². The molecule has 0 aromatic carbocycles. The van der Waals surface area contributed by atoms with Gasteiger partial charge in [0.2, 0.25) is 0 Å². The second kappa shape index (κ2) is 2.81. The summed E-state index contributed by atoms with van der Waals surface area (Å²) in [5.74, 6) is 1.92. The smallest absolute Gasteiger partial charge is 0.404 e. The molecule has 0 heterocycles. The van der Waals surface area contributed by atoms with Crippen LogP contribution < -0.4 is 5.32 Å². The third-order valence-electron chi connectivity index (χ3n) is 2.93. The van der Waals surface area contributed by atoms with Crippen molar-refractivity contribution < 1.29 is 9.90 Å². The highest BCUT2D eigenvalue weighted by Crippen LogP contribution is 2.42. The molecule has 0 radical (unpaired) electrons. The second-order valence-electron chi connectivity index (χ2n) is 3.73. The summed E-state index contributed by atoms with van der Waals surface area (Å²) in [4.78, 5) is 10.2. The van der Waals surface area contributed by atoms with Crippen LogP contribution in [0.3, 0.4) is 0 Å². The third kappa shape index (κ3) is 1.31. The average Bonchev–Trinajstić information content (AvgIpc) is 2.60. The molecule has 0 aliphatic heterocycles. The van der Waals surface area contributed by atoms with Crippen LogP contribution in [0.25, 0.3) is 0 Å². The van der Waals surface area contributed by atoms with Crippen LogP contribution in [0.1, 0.15) is 12.8 Å². The first kappa shape index (κ1) is 7.65. The van der Waals surface area contributed by atoms with Crippen LogP contribution in [0.2, 0.25) is 0 Å². The molecule has 1 saturated carbocycles. The predicted octanol–water partition coefficient (Wildman–Crippen LogP) is 1.47. The van der Waals surface area contributed by atoms with Crippen LogP contribution in [0.4, 0.5) is 4.79 Å². The Bertz CT molecular complexity index is 225. The molecule has 1 amide bonds. The van der Waals surface area contributed by atoms with Gasteiger partial charge in [0.25, 0.3) is 0 Å². The molecule has 3 nitrogen and oxygen atoms in total. The van der Waals surface area contributed by atoms with Crippen LogP contribution >= 0.6 is 0 Å². The zero-order valence-corrected chi connectivity index (χ0v) is 6.86. The van der Waals surface area contributed by atoms with Crippen molar-refractivity contribution in [1.29, 1.82) is 0 Å². The first-order valence-corrected chi connectivity index (χ1v) is 4.41. The number of hydrogen-bond acceptors (Lipinski definition) is 1. The van der Waals surface area contributed by atoms with Gasteiger partial charge >= 0.3 is 6.09 Å². The minimum atomic E-state index is -0.901. The van der Waals surface area contributed by atoms with Crippen LogP contribution in [-0.2, 0) is 0 Å². The fraction of sp³-hybridized carbons (Fsp3) is 0.667. The maximum atomic E-state index is 10.2. The quantitative estimate of drug-likeness (QED) is 0.612. The van der Waals surface area contributed by atoms with E-state index in [9.17, 15) is 4.79 Å². The molecule has 3 unspecified atom stereocenters. The standard InChI is InChI=1S/C9H13NO2/c11-9(12)10-5-8-4-6-1-2-7(8)3-6/h1-2,6-8,10H,3-5H2,(H,11,12). The van der Waals surface area contributed by atoms with Gasteiger partial charge in [-0.25, -0.2) is 4.79 Å². The molecule has 3 heteroatoms. The molecule has 2 rings (SSSR count). The Morgan fingerprint density at radius 2 is 2.33 bits per heavy atom. The first-order chi connectivity index (χ1) is 5.75. The minimum Gasteiger partial charge on any atom is -0.465 e. The number of carbonyl (C=O) groups is 1. The van der Waals surface area contributed by atoms with Crippen LogP contribution in [0.5, 0.6) is 0 Å². The summed E-state index contributed by atoms with van der Waals surface area (Å²) >= 11 is 0. The van der Waals surface area contributed by atoms with E-state index in [2.05, 4.69) is 17.5 Å². The molecule has 0 saturated heterocycles. The Hall–Kier alpha value is -0.990. The lowest BCUT2D eigenvalue weighted by molar-refractivity contribution is 0.191. The molecule has 0 aromatic heterocycles. The number of amides is 1. The Kier molecular flexibility index (Phi) is 1.79. The van der Waals surface area contributed by atoms with Gasteiger partial charge in [-0.15, -0.1) is 0 Å². The Labute approximate surface area is 71.5 Å². The van der Waals surface area contributed by atoms with Gasteiger partial charge in [-0.05, 0) is 30.6 Å². The van der Waals surface area contributed by atoms with Gasteiger partial charge in [0.1, 0.15) is 0 Å². The van der Waals surface area contributed by atoms with E-state index in [1.54, 1.807) is 0 Å². The highest BCUT2D eigenvalue weighted by atomic mass is 16.4. The van der Waals surface area contributed by atoms with Gasteiger partial charge in [-0.1, -0.05) is 12.2 Å². The van der Waals surface area contributed by atoms with Crippen LogP contribution in [0, 0.1) is 17.8 Å². The number of allylic oxidation sites excluding steroid dienone is 2. The minimum absolute atomic E-state index is 0.552. The molecular formula is C9H13NO2. The molecule has 0 spiro atoms. The summed E-state index contributed by atoms with van der Waals surface area (Å²) in [5.41, 5.74) is 0. The maximum absolute atomic E-state index is 10.2. The maximum Gasteiger partial charge on any atom is 0.404 e. The summed E-state index contributed by atoms with van der Waals surface area (Å²) in [6.45, 7) is 0.626. The highest BCUT2D eigenvalue weighted by molar-refractivity contribution is 5.64. The first-order valence-electron chi connectivity index (χ1n) is 4.41. The van der Waals surface area contributed by atoms with E-state index in [1.165, 1.54) is 12.8 Å². The molecule has 2 aliphatic carbocycles. The Morgan fingerprint density at radius 3 is 2.83 bits per heavy atom. The normalized spacial score (nSPS) is 37.2. The van der Waals surface area contributed by atoms with E-state index in [0.717, 1.165) is 5.92 Å². The summed E-state index contributed by atoms with van der Waals surface area (Å²) in [5, 5.41) is 10.9. The van der Waals surface area contributed by atoms with Gasteiger partial charge in [0.05, 0.1) is 0 Å². The monoisotopic (exact) mass is 167 g/mol. The lowest BCUT2D eigenvalue weighted by Crippen LogP contribution is -2.29. The van der Waals surface area contributed by atoms with E-state index in [-0.39, 0.29) is 0 Å². The second-order valence-corrected chi connectivity index (χ2v) is 3.73. The van der Waals surface area contributed by atoms with Gasteiger partial charge in [-0.2, -0.15) is 0 Å². The number of carboxylic acid groups (broad SMARTS) is 1. The molecule has 0 aromatic rings. The molecule has 1 fully saturated rings. The Balaban J connectivity index is 1.83. The topological polar surface area (TPSA) is 49.3 Å². The highest BCUT2D eigenvalue weighted by Gasteiger charge is 2.35. The number of hydrogen-bond donors (Lipinski definition) is 2. The van der Waals surface area contributed by atoms with Gasteiger partial charge in [0, 0.05) is 6.54 Å². The van der Waals surface area contributed by atoms with Crippen molar-refractivity contribution in [2.24, 2.45) is 17.8 Å². The number of nitrogens with one attached hydrogen (secondary N) is 1. The van der Waals surface area contributed by atoms with Crippen molar-refractivity contribution in [1.82, 2.24) is 5.32 Å². The fourth-order valence-corrected chi connectivity index (χ4v) is 2.35. The lowest BCUT2D eigenvalue weighted by atomic mass is 9.94. The molecular weight excluding hydrogens is 154 g/mol. The fourth-order valence-electron chi connectivity index (χ4n) is 2.35. The largest absolute Gasteiger partial charge is 0.465 e. The van der Waals surface area contributed by atoms with E-state index >= 15 is 0 Å². The molecule has 2 bridgehead atoms. The predicted molar refractivity (Wildman–Crippen MR) is 44.9 cm³/mol. The van der Waals surface area contributed by atoms with Gasteiger partial charge in [0.15, 0.2) is 0 Å². The molecule has 12 heavy (non-hydrogen) atoms. The van der Waals surface area contributed by atoms with E-state index in [0.29, 0.717) is 18.4 Å². The van der Waals surface area contributed by atoms with E-state index in [1.807, 2.05) is 0 Å². The van der Waals surface area contributed by atoms with Crippen molar-refractivity contribution in [2.75, 3.05) is 6.54 Å². The third-order valence-corrected chi connectivity index (χ3v) is 2.93. The SMILES string of the molecule is O=C(O)NCC1CC2C=CC1C2. The molecule has 66 valence electrons. The summed E-state index contributed by atoms with van der Waals surface area (Å²) in [6.07, 6.45) is 6.01. The van der Waals surface area contributed by atoms with Crippen molar-refractivity contribution in [3.05, 3.63) is 12.2 Å². The molecule has 2 aliphatic rings. The van der Waals surface area contributed by atoms with Crippen LogP contribution in [-0.4, -0.2) is 17.7 Å². The molecule has 3 atom stereocenters. The van der Waals surface area contributed by atoms with Crippen molar-refractivity contribution in [2.45, 2.75) is 12.8 Å². The lowest BCUT2D eigenvalue weighted by Gasteiger charge is -2.16. The number of rotatable bonds is 2. The zero-order chi connectivity index (χ0) is 8.55. The van der Waals surface area contributed by atoms with E-state index < -0.39 is 6.09 Å². The summed E-state index contributed by atoms with van der Waals surface area (Å²) in [7, 11) is 0. The van der Waals surface area contributed by atoms with Gasteiger partial charge in [-0.3, -0.25) is 0 Å². The van der Waals surface area contributed by atoms with Crippen LogP contribution in [0.15, 0.2) is 12.2 Å². The molecule has 2 N–H and O–H groups in total. The van der Waals surface area contributed by atoms with Gasteiger partial charge < -0.3 is 10.4 Å². The summed E-state index contributed by atoms with van der Waals surface area (Å²) < 4.78 is 0.